The van der Waals surface area contributed by atoms with Crippen LogP contribution in [0.15, 0.2) is 0 Å². The van der Waals surface area contributed by atoms with Crippen molar-refractivity contribution in [2.45, 2.75) is 116 Å². The SMILES string of the molecule is C[C@@H]1CC[C@@]2(NC1)O[C@H]1C[C@H]3[C@@H]4CC[C@@H]5CC(NC(=O)CCN6CCN(C)CC6)CC[C@]5(C)[C@H]4CC[C@]3(C)[C@H]1[C@@H]2C. The van der Waals surface area contributed by atoms with E-state index in [1.807, 2.05) is 0 Å². The second kappa shape index (κ2) is 10.7. The molecule has 0 aromatic rings. The highest BCUT2D eigenvalue weighted by Gasteiger charge is 2.68. The number of carbonyl (C=O) groups is 1. The van der Waals surface area contributed by atoms with E-state index in [2.05, 4.69) is 55.2 Å². The molecule has 3 saturated heterocycles. The molecule has 6 nitrogen and oxygen atoms in total. The number of likely N-dealkylation sites (N-methyl/N-ethyl adjacent to an activating group) is 1. The highest BCUT2D eigenvalue weighted by molar-refractivity contribution is 5.76. The average Bonchev–Trinajstić information content (AvgIpc) is 3.40. The third-order valence-electron chi connectivity index (χ3n) is 14.8. The van der Waals surface area contributed by atoms with Gasteiger partial charge in [-0.05, 0) is 118 Å². The Hall–Kier alpha value is -0.690. The highest BCUT2D eigenvalue weighted by Crippen LogP contribution is 2.71. The van der Waals surface area contributed by atoms with Gasteiger partial charge in [-0.3, -0.25) is 10.1 Å². The molecule has 0 aromatic carbocycles. The summed E-state index contributed by atoms with van der Waals surface area (Å²) in [6.07, 6.45) is 14.2. The van der Waals surface area contributed by atoms with Crippen LogP contribution in [0.5, 0.6) is 0 Å². The van der Waals surface area contributed by atoms with Crippen molar-refractivity contribution in [3.05, 3.63) is 0 Å². The smallest absolute Gasteiger partial charge is 0.221 e. The van der Waals surface area contributed by atoms with Crippen LogP contribution in [0.2, 0.25) is 0 Å². The molecule has 2 N–H and O–H groups in total. The van der Waals surface area contributed by atoms with Crippen LogP contribution in [0.25, 0.3) is 0 Å². The molecule has 0 aromatic heterocycles. The van der Waals surface area contributed by atoms with Crippen molar-refractivity contribution < 1.29 is 9.53 Å². The molecule has 4 saturated carbocycles. The molecule has 7 fully saturated rings. The van der Waals surface area contributed by atoms with E-state index in [1.54, 1.807) is 0 Å². The van der Waals surface area contributed by atoms with Crippen molar-refractivity contribution in [2.24, 2.45) is 52.3 Å². The Morgan fingerprint density at radius 1 is 0.927 bits per heavy atom. The van der Waals surface area contributed by atoms with Crippen molar-refractivity contribution in [2.75, 3.05) is 46.3 Å². The topological polar surface area (TPSA) is 56.8 Å². The highest BCUT2D eigenvalue weighted by atomic mass is 16.5. The lowest BCUT2D eigenvalue weighted by atomic mass is 9.44. The Kier molecular flexibility index (Phi) is 7.60. The Morgan fingerprint density at radius 3 is 2.46 bits per heavy atom. The van der Waals surface area contributed by atoms with Gasteiger partial charge < -0.3 is 19.9 Å². The van der Waals surface area contributed by atoms with Crippen LogP contribution < -0.4 is 10.6 Å². The van der Waals surface area contributed by atoms with Crippen LogP contribution in [-0.2, 0) is 9.53 Å². The minimum Gasteiger partial charge on any atom is -0.357 e. The summed E-state index contributed by atoms with van der Waals surface area (Å²) in [5.74, 6) is 5.75. The number of piperazine rings is 1. The van der Waals surface area contributed by atoms with Gasteiger partial charge in [-0.15, -0.1) is 0 Å². The van der Waals surface area contributed by atoms with E-state index in [1.165, 1.54) is 64.2 Å². The van der Waals surface area contributed by atoms with Gasteiger partial charge in [-0.25, -0.2) is 0 Å². The second-order valence-electron chi connectivity index (χ2n) is 16.8. The van der Waals surface area contributed by atoms with Gasteiger partial charge in [0.15, 0.2) is 0 Å². The maximum absolute atomic E-state index is 12.9. The lowest BCUT2D eigenvalue weighted by molar-refractivity contribution is -0.136. The van der Waals surface area contributed by atoms with Crippen LogP contribution in [-0.4, -0.2) is 79.9 Å². The molecule has 6 heteroatoms. The lowest BCUT2D eigenvalue weighted by Gasteiger charge is -2.61. The number of nitrogens with one attached hydrogen (secondary N) is 2. The Balaban J connectivity index is 0.964. The minimum atomic E-state index is -0.0520. The van der Waals surface area contributed by atoms with Crippen LogP contribution >= 0.6 is 0 Å². The van der Waals surface area contributed by atoms with E-state index in [4.69, 9.17) is 4.74 Å². The first-order valence-electron chi connectivity index (χ1n) is 17.7. The number of rotatable bonds is 4. The maximum atomic E-state index is 12.9. The van der Waals surface area contributed by atoms with E-state index in [0.29, 0.717) is 35.3 Å². The largest absolute Gasteiger partial charge is 0.357 e. The first-order valence-corrected chi connectivity index (χ1v) is 17.7. The van der Waals surface area contributed by atoms with Gasteiger partial charge in [-0.2, -0.15) is 0 Å². The first kappa shape index (κ1) is 29.0. The zero-order valence-corrected chi connectivity index (χ0v) is 26.9. The van der Waals surface area contributed by atoms with Gasteiger partial charge in [0, 0.05) is 57.6 Å². The van der Waals surface area contributed by atoms with Gasteiger partial charge in [0.05, 0.1) is 6.10 Å². The fourth-order valence-corrected chi connectivity index (χ4v) is 12.2. The quantitative estimate of drug-likeness (QED) is 0.493. The van der Waals surface area contributed by atoms with Gasteiger partial charge >= 0.3 is 0 Å². The molecule has 7 aliphatic rings. The monoisotopic (exact) mass is 568 g/mol. The zero-order valence-electron chi connectivity index (χ0n) is 26.9. The molecule has 1 spiro atoms. The van der Waals surface area contributed by atoms with Crippen molar-refractivity contribution in [3.63, 3.8) is 0 Å². The number of nitrogens with zero attached hydrogens (tertiary/aromatic N) is 2. The molecule has 1 amide bonds. The lowest BCUT2D eigenvalue weighted by Crippen LogP contribution is -2.58. The summed E-state index contributed by atoms with van der Waals surface area (Å²) < 4.78 is 7.10. The Labute approximate surface area is 250 Å². The molecule has 0 bridgehead atoms. The van der Waals surface area contributed by atoms with Crippen molar-refractivity contribution in [1.82, 2.24) is 20.4 Å². The van der Waals surface area contributed by atoms with Gasteiger partial charge in [-0.1, -0.05) is 27.7 Å². The molecule has 1 unspecified atom stereocenters. The third kappa shape index (κ3) is 4.84. The van der Waals surface area contributed by atoms with E-state index >= 15 is 0 Å². The molecule has 7 rings (SSSR count). The number of hydrogen-bond acceptors (Lipinski definition) is 5. The van der Waals surface area contributed by atoms with E-state index in [-0.39, 0.29) is 11.6 Å². The zero-order chi connectivity index (χ0) is 28.6. The standard InChI is InChI=1S/C35H60N4O2/c1-23-8-14-35(36-22-23)24(2)32-30(41-35)21-29-27-7-6-25-20-26(9-12-33(25,3)28(27)10-13-34(29,32)4)37-31(40)11-15-39-18-16-38(5)17-19-39/h23-30,32,36H,6-22H2,1-5H3,(H,37,40)/t23-,24+,25-,26?,27-,28+,29+,30+,32+,33+,34+,35-/m1/s1. The van der Waals surface area contributed by atoms with Crippen LogP contribution in [0.3, 0.4) is 0 Å². The normalized spacial score (nSPS) is 52.0. The van der Waals surface area contributed by atoms with Gasteiger partial charge in [0.1, 0.15) is 5.72 Å². The molecule has 0 radical (unpaired) electrons. The summed E-state index contributed by atoms with van der Waals surface area (Å²) in [6, 6.07) is 0.389. The molecule has 12 atom stereocenters. The van der Waals surface area contributed by atoms with E-state index in [9.17, 15) is 4.79 Å². The third-order valence-corrected chi connectivity index (χ3v) is 14.8. The molecule has 3 aliphatic heterocycles. The summed E-state index contributed by atoms with van der Waals surface area (Å²) in [5.41, 5.74) is 0.846. The number of fused-ring (bicyclic) bond motifs is 7. The van der Waals surface area contributed by atoms with Crippen molar-refractivity contribution in [3.8, 4) is 0 Å². The molecule has 41 heavy (non-hydrogen) atoms. The second-order valence-corrected chi connectivity index (χ2v) is 16.8. The fourth-order valence-electron chi connectivity index (χ4n) is 12.2. The Bertz CT molecular complexity index is 973. The maximum Gasteiger partial charge on any atom is 0.221 e. The summed E-state index contributed by atoms with van der Waals surface area (Å²) in [6.45, 7) is 16.7. The fraction of sp³-hybridized carbons (Fsp3) is 0.971. The van der Waals surface area contributed by atoms with Crippen molar-refractivity contribution >= 4 is 5.91 Å². The number of carbonyl (C=O) groups excluding carboxylic acids is 1. The molecule has 4 aliphatic carbocycles. The first-order chi connectivity index (χ1) is 19.6. The molecular weight excluding hydrogens is 508 g/mol. The molecular formula is C35H60N4O2. The average molecular weight is 569 g/mol. The predicted molar refractivity (Wildman–Crippen MR) is 164 cm³/mol. The van der Waals surface area contributed by atoms with Crippen LogP contribution in [0.4, 0.5) is 0 Å². The van der Waals surface area contributed by atoms with Crippen molar-refractivity contribution in [1.29, 1.82) is 0 Å². The number of ether oxygens (including phenoxy) is 1. The van der Waals surface area contributed by atoms with Gasteiger partial charge in [0.25, 0.3) is 0 Å². The van der Waals surface area contributed by atoms with Crippen LogP contribution in [0.1, 0.15) is 98.3 Å². The minimum absolute atomic E-state index is 0.0520. The van der Waals surface area contributed by atoms with Gasteiger partial charge in [0.2, 0.25) is 5.91 Å². The number of piperidine rings is 1. The summed E-state index contributed by atoms with van der Waals surface area (Å²) >= 11 is 0. The number of hydrogen-bond donors (Lipinski definition) is 2. The summed E-state index contributed by atoms with van der Waals surface area (Å²) in [5, 5.41) is 7.42. The molecule has 232 valence electrons. The Morgan fingerprint density at radius 2 is 1.71 bits per heavy atom. The summed E-state index contributed by atoms with van der Waals surface area (Å²) in [7, 11) is 2.19. The van der Waals surface area contributed by atoms with E-state index in [0.717, 1.165) is 74.8 Å². The van der Waals surface area contributed by atoms with E-state index < -0.39 is 0 Å². The predicted octanol–water partition coefficient (Wildman–Crippen LogP) is 5.13. The summed E-state index contributed by atoms with van der Waals surface area (Å²) in [4.78, 5) is 17.8. The molecule has 3 heterocycles. The van der Waals surface area contributed by atoms with Crippen LogP contribution in [0, 0.1) is 52.3 Å². The number of amides is 1.